The number of pyridine rings is 1. The first kappa shape index (κ1) is 14.2. The molecule has 4 rings (SSSR count). The highest BCUT2D eigenvalue weighted by atomic mass is 32.2. The maximum atomic E-state index is 11.4. The van der Waals surface area contributed by atoms with Crippen LogP contribution >= 0.6 is 0 Å². The topological polar surface area (TPSA) is 80.3 Å². The van der Waals surface area contributed by atoms with Crippen molar-refractivity contribution in [2.45, 2.75) is 6.61 Å². The zero-order valence-corrected chi connectivity index (χ0v) is 13.3. The lowest BCUT2D eigenvalue weighted by molar-refractivity contribution is 0.131. The third-order valence-electron chi connectivity index (χ3n) is 3.80. The fourth-order valence-corrected chi connectivity index (χ4v) is 3.38. The molecule has 7 heteroatoms. The van der Waals surface area contributed by atoms with Crippen LogP contribution in [-0.4, -0.2) is 26.4 Å². The average molecular weight is 329 g/mol. The fraction of sp³-hybridized carbons (Fsp3) is 0.188. The lowest BCUT2D eigenvalue weighted by Crippen LogP contribution is -2.14. The molecule has 1 aliphatic rings. The van der Waals surface area contributed by atoms with Gasteiger partial charge in [-0.25, -0.2) is 13.4 Å². The Balaban J connectivity index is 1.93. The maximum absolute atomic E-state index is 11.4. The lowest BCUT2D eigenvalue weighted by atomic mass is 10.0. The van der Waals surface area contributed by atoms with Crippen LogP contribution in [0.4, 0.5) is 11.4 Å². The lowest BCUT2D eigenvalue weighted by Gasteiger charge is -2.20. The van der Waals surface area contributed by atoms with Gasteiger partial charge in [-0.05, 0) is 24.3 Å². The van der Waals surface area contributed by atoms with Crippen molar-refractivity contribution < 1.29 is 13.2 Å². The molecule has 23 heavy (non-hydrogen) atoms. The van der Waals surface area contributed by atoms with Gasteiger partial charge in [0.15, 0.2) is 0 Å². The van der Waals surface area contributed by atoms with Crippen molar-refractivity contribution in [1.29, 1.82) is 0 Å². The van der Waals surface area contributed by atoms with Crippen molar-refractivity contribution in [3.05, 3.63) is 42.0 Å². The molecule has 118 valence electrons. The molecular weight excluding hydrogens is 314 g/mol. The first-order valence-corrected chi connectivity index (χ1v) is 9.04. The van der Waals surface area contributed by atoms with E-state index in [-0.39, 0.29) is 0 Å². The normalized spacial score (nSPS) is 14.5. The number of nitrogens with zero attached hydrogens (tertiary/aromatic N) is 1. The van der Waals surface area contributed by atoms with E-state index in [2.05, 4.69) is 16.1 Å². The van der Waals surface area contributed by atoms with E-state index in [9.17, 15) is 8.42 Å². The number of rotatable bonds is 2. The van der Waals surface area contributed by atoms with Gasteiger partial charge in [0.25, 0.3) is 0 Å². The van der Waals surface area contributed by atoms with Crippen LogP contribution in [0, 0.1) is 0 Å². The Labute approximate surface area is 133 Å². The number of anilines is 2. The molecule has 0 amide bonds. The third-order valence-corrected chi connectivity index (χ3v) is 4.41. The Kier molecular flexibility index (Phi) is 3.14. The third kappa shape index (κ3) is 2.69. The molecule has 0 fully saturated rings. The van der Waals surface area contributed by atoms with Crippen molar-refractivity contribution >= 4 is 43.2 Å². The maximum Gasteiger partial charge on any atom is 0.229 e. The number of sulfonamides is 1. The van der Waals surface area contributed by atoms with Gasteiger partial charge in [-0.1, -0.05) is 12.1 Å². The molecule has 0 aliphatic carbocycles. The SMILES string of the molecule is CS(=O)(=O)Nc1ccc2cc3ccc4c(c3nc2c1)COCN4. The Hall–Kier alpha value is -2.38. The van der Waals surface area contributed by atoms with Crippen molar-refractivity contribution in [3.8, 4) is 0 Å². The molecule has 6 nitrogen and oxygen atoms in total. The second-order valence-corrected chi connectivity index (χ2v) is 7.35. The summed E-state index contributed by atoms with van der Waals surface area (Å²) in [5, 5.41) is 5.19. The van der Waals surface area contributed by atoms with Crippen LogP contribution in [0.5, 0.6) is 0 Å². The monoisotopic (exact) mass is 329 g/mol. The summed E-state index contributed by atoms with van der Waals surface area (Å²) in [6.07, 6.45) is 1.13. The van der Waals surface area contributed by atoms with Crippen LogP contribution in [0.25, 0.3) is 21.8 Å². The minimum atomic E-state index is -3.31. The molecule has 0 unspecified atom stereocenters. The molecule has 1 aromatic heterocycles. The van der Waals surface area contributed by atoms with Crippen LogP contribution in [0.1, 0.15) is 5.56 Å². The van der Waals surface area contributed by atoms with E-state index in [1.165, 1.54) is 0 Å². The number of hydrogen-bond acceptors (Lipinski definition) is 5. The summed E-state index contributed by atoms with van der Waals surface area (Å²) in [6.45, 7) is 1.01. The quantitative estimate of drug-likeness (QED) is 0.707. The number of ether oxygens (including phenoxy) is 1. The molecule has 2 aromatic carbocycles. The highest BCUT2D eigenvalue weighted by molar-refractivity contribution is 7.92. The molecule has 0 saturated carbocycles. The summed E-state index contributed by atoms with van der Waals surface area (Å²) in [4.78, 5) is 4.73. The van der Waals surface area contributed by atoms with E-state index in [0.717, 1.165) is 39.3 Å². The Bertz CT molecular complexity index is 1030. The number of nitrogens with one attached hydrogen (secondary N) is 2. The molecule has 2 heterocycles. The summed E-state index contributed by atoms with van der Waals surface area (Å²) < 4.78 is 30.7. The van der Waals surface area contributed by atoms with E-state index in [0.29, 0.717) is 19.0 Å². The standard InChI is InChI=1S/C16H15N3O3S/c1-23(20,21)19-12-4-2-10-6-11-3-5-14-13(8-22-9-17-14)16(11)18-15(10)7-12/h2-7,17,19H,8-9H2,1H3. The highest BCUT2D eigenvalue weighted by Gasteiger charge is 2.14. The van der Waals surface area contributed by atoms with E-state index in [1.807, 2.05) is 18.2 Å². The van der Waals surface area contributed by atoms with Gasteiger partial charge in [0.2, 0.25) is 10.0 Å². The molecule has 0 spiro atoms. The van der Waals surface area contributed by atoms with Gasteiger partial charge in [0.1, 0.15) is 6.73 Å². The minimum Gasteiger partial charge on any atom is -0.362 e. The molecule has 0 radical (unpaired) electrons. The molecule has 1 aliphatic heterocycles. The molecule has 2 N–H and O–H groups in total. The summed E-state index contributed by atoms with van der Waals surface area (Å²) in [6, 6.07) is 11.5. The van der Waals surface area contributed by atoms with Crippen LogP contribution in [-0.2, 0) is 21.4 Å². The Morgan fingerprint density at radius 3 is 2.83 bits per heavy atom. The summed E-state index contributed by atoms with van der Waals surface area (Å²) in [5.74, 6) is 0. The van der Waals surface area contributed by atoms with Gasteiger partial charge in [0.05, 0.1) is 29.6 Å². The average Bonchev–Trinajstić information content (AvgIpc) is 2.51. The first-order chi connectivity index (χ1) is 11.0. The Morgan fingerprint density at radius 2 is 2.00 bits per heavy atom. The number of benzene rings is 2. The highest BCUT2D eigenvalue weighted by Crippen LogP contribution is 2.31. The van der Waals surface area contributed by atoms with Gasteiger partial charge in [0, 0.05) is 22.0 Å². The summed E-state index contributed by atoms with van der Waals surface area (Å²) in [5.41, 5.74) is 4.17. The predicted octanol–water partition coefficient (Wildman–Crippen LogP) is 2.66. The number of hydrogen-bond donors (Lipinski definition) is 2. The summed E-state index contributed by atoms with van der Waals surface area (Å²) >= 11 is 0. The smallest absolute Gasteiger partial charge is 0.229 e. The van der Waals surface area contributed by atoms with E-state index >= 15 is 0 Å². The molecule has 0 bridgehead atoms. The molecular formula is C16H15N3O3S. The number of fused-ring (bicyclic) bond motifs is 4. The van der Waals surface area contributed by atoms with Crippen LogP contribution in [0.2, 0.25) is 0 Å². The van der Waals surface area contributed by atoms with Gasteiger partial charge in [-0.2, -0.15) is 0 Å². The molecule has 3 aromatic rings. The van der Waals surface area contributed by atoms with Crippen LogP contribution < -0.4 is 10.0 Å². The van der Waals surface area contributed by atoms with E-state index in [4.69, 9.17) is 9.72 Å². The van der Waals surface area contributed by atoms with Gasteiger partial charge in [-0.15, -0.1) is 0 Å². The largest absolute Gasteiger partial charge is 0.362 e. The fourth-order valence-electron chi connectivity index (χ4n) is 2.82. The zero-order chi connectivity index (χ0) is 16.0. The van der Waals surface area contributed by atoms with Crippen molar-refractivity contribution in [3.63, 3.8) is 0 Å². The van der Waals surface area contributed by atoms with E-state index in [1.54, 1.807) is 12.1 Å². The molecule has 0 atom stereocenters. The van der Waals surface area contributed by atoms with E-state index < -0.39 is 10.0 Å². The van der Waals surface area contributed by atoms with Gasteiger partial charge in [-0.3, -0.25) is 4.72 Å². The van der Waals surface area contributed by atoms with Crippen molar-refractivity contribution in [2.24, 2.45) is 0 Å². The number of aromatic nitrogens is 1. The predicted molar refractivity (Wildman–Crippen MR) is 91.0 cm³/mol. The Morgan fingerprint density at radius 1 is 1.17 bits per heavy atom. The second kappa shape index (κ2) is 5.07. The zero-order valence-electron chi connectivity index (χ0n) is 12.5. The van der Waals surface area contributed by atoms with Gasteiger partial charge < -0.3 is 10.1 Å². The first-order valence-electron chi connectivity index (χ1n) is 7.15. The van der Waals surface area contributed by atoms with Crippen molar-refractivity contribution in [1.82, 2.24) is 4.98 Å². The molecule has 0 saturated heterocycles. The summed E-state index contributed by atoms with van der Waals surface area (Å²) in [7, 11) is -3.31. The van der Waals surface area contributed by atoms with Crippen LogP contribution in [0.15, 0.2) is 36.4 Å². The second-order valence-electron chi connectivity index (χ2n) is 5.60. The van der Waals surface area contributed by atoms with Crippen molar-refractivity contribution in [2.75, 3.05) is 23.0 Å². The minimum absolute atomic E-state index is 0.495. The van der Waals surface area contributed by atoms with Gasteiger partial charge >= 0.3 is 0 Å². The van der Waals surface area contributed by atoms with Crippen LogP contribution in [0.3, 0.4) is 0 Å².